The van der Waals surface area contributed by atoms with Gasteiger partial charge in [0.2, 0.25) is 0 Å². The second-order valence-corrected chi connectivity index (χ2v) is 21.1. The summed E-state index contributed by atoms with van der Waals surface area (Å²) in [5.41, 5.74) is 21.7. The molecule has 0 aliphatic heterocycles. The van der Waals surface area contributed by atoms with Gasteiger partial charge in [-0.3, -0.25) is 0 Å². The molecule has 0 saturated carbocycles. The van der Waals surface area contributed by atoms with Crippen LogP contribution in [0.2, 0.25) is 0 Å². The van der Waals surface area contributed by atoms with E-state index in [0.29, 0.717) is 0 Å². The molecule has 8 aromatic rings. The summed E-state index contributed by atoms with van der Waals surface area (Å²) < 4.78 is 2.27. The van der Waals surface area contributed by atoms with Gasteiger partial charge in [0.25, 0.3) is 0 Å². The van der Waals surface area contributed by atoms with Crippen LogP contribution in [0, 0.1) is 0 Å². The van der Waals surface area contributed by atoms with Gasteiger partial charge >= 0.3 is 0 Å². The van der Waals surface area contributed by atoms with Crippen molar-refractivity contribution in [2.75, 3.05) is 23.0 Å². The Hall–Kier alpha value is -3.86. The Morgan fingerprint density at radius 1 is 0.695 bits per heavy atom. The highest BCUT2D eigenvalue weighted by atomic mass is 32.2. The van der Waals surface area contributed by atoms with Gasteiger partial charge in [0, 0.05) is 33.9 Å². The summed E-state index contributed by atoms with van der Waals surface area (Å²) in [7, 11) is 0. The molecule has 8 nitrogen and oxygen atoms in total. The number of hydrogen-bond donors (Lipinski definition) is 4. The van der Waals surface area contributed by atoms with E-state index in [1.54, 1.807) is 78.5 Å². The number of rotatable bonds is 14. The maximum absolute atomic E-state index is 10.3. The monoisotopic (exact) mass is 896 g/mol. The fourth-order valence-electron chi connectivity index (χ4n) is 6.41. The van der Waals surface area contributed by atoms with E-state index in [1.165, 1.54) is 25.7 Å². The highest BCUT2D eigenvalue weighted by Gasteiger charge is 2.22. The third kappa shape index (κ3) is 9.87. The van der Waals surface area contributed by atoms with Crippen molar-refractivity contribution in [2.45, 2.75) is 80.4 Å². The Kier molecular flexibility index (Phi) is 14.1. The van der Waals surface area contributed by atoms with Gasteiger partial charge in [-0.05, 0) is 90.6 Å². The first-order chi connectivity index (χ1) is 28.5. The van der Waals surface area contributed by atoms with E-state index in [9.17, 15) is 10.2 Å². The second-order valence-electron chi connectivity index (χ2n) is 14.6. The van der Waals surface area contributed by atoms with Crippen molar-refractivity contribution in [1.29, 1.82) is 0 Å². The molecule has 6 heterocycles. The molecule has 0 spiro atoms. The predicted molar refractivity (Wildman–Crippen MR) is 258 cm³/mol. The van der Waals surface area contributed by atoms with E-state index in [4.69, 9.17) is 21.4 Å². The van der Waals surface area contributed by atoms with Crippen molar-refractivity contribution in [2.24, 2.45) is 0 Å². The molecule has 6 aromatic heterocycles. The number of thiophene rings is 2. The highest BCUT2D eigenvalue weighted by molar-refractivity contribution is 8.01. The molecular formula is C45H48N6O2S6. The number of nitrogen functional groups attached to an aromatic ring is 2. The van der Waals surface area contributed by atoms with E-state index in [1.807, 2.05) is 70.7 Å². The van der Waals surface area contributed by atoms with Crippen molar-refractivity contribution in [3.05, 3.63) is 94.9 Å². The van der Waals surface area contributed by atoms with E-state index in [-0.39, 0.29) is 0 Å². The molecule has 306 valence electrons. The first-order valence-electron chi connectivity index (χ1n) is 19.6. The number of thioether (sulfide) groups is 2. The number of hydrogen-bond acceptors (Lipinski definition) is 14. The molecule has 0 bridgehead atoms. The Balaban J connectivity index is 0.000000179. The molecule has 0 aliphatic rings. The lowest BCUT2D eigenvalue weighted by Gasteiger charge is -2.18. The standard InChI is InChI=1S/C23H25N3OS3.C22H23N3OS3/c1-4-5-11-29-22-19(24)18-16(14-6-8-15(9-7-14)23(2,3)27)13-17(26-21(18)30-22)20-25-10-12-28-20;1-3-4-10-28-22-19(23)18-16(15-7-5-14(6-8-15)13(2)26)12-17(25-21(18)29-22)20-24-9-11-27-20/h6-10,12-13,27H,4-5,11,24H2,1-3H3;5-9,11-13,26H,3-4,10,23H2,1-2H3. The zero-order chi connectivity index (χ0) is 41.7. The fraction of sp³-hybridized carbons (Fsp3) is 0.289. The average molecular weight is 897 g/mol. The third-order valence-corrected chi connectivity index (χ3v) is 16.2. The van der Waals surface area contributed by atoms with Crippen LogP contribution in [-0.4, -0.2) is 41.7 Å². The molecule has 0 fully saturated rings. The van der Waals surface area contributed by atoms with Gasteiger partial charge in [0.1, 0.15) is 31.1 Å². The van der Waals surface area contributed by atoms with Crippen molar-refractivity contribution in [3.63, 3.8) is 0 Å². The van der Waals surface area contributed by atoms with Crippen LogP contribution in [0.1, 0.15) is 77.5 Å². The molecule has 2 aromatic carbocycles. The molecule has 0 aliphatic carbocycles. The number of nitrogens with zero attached hydrogens (tertiary/aromatic N) is 4. The third-order valence-electron chi connectivity index (χ3n) is 9.70. The summed E-state index contributed by atoms with van der Waals surface area (Å²) in [5, 5.41) is 27.9. The lowest BCUT2D eigenvalue weighted by molar-refractivity contribution is 0.0786. The number of pyridine rings is 2. The van der Waals surface area contributed by atoms with E-state index >= 15 is 0 Å². The lowest BCUT2D eigenvalue weighted by atomic mass is 9.94. The van der Waals surface area contributed by atoms with Crippen LogP contribution in [0.4, 0.5) is 11.4 Å². The fourth-order valence-corrected chi connectivity index (χ4v) is 12.5. The van der Waals surface area contributed by atoms with Gasteiger partial charge in [0.05, 0.1) is 31.5 Å². The predicted octanol–water partition coefficient (Wildman–Crippen LogP) is 13.4. The highest BCUT2D eigenvalue weighted by Crippen LogP contribution is 2.47. The summed E-state index contributed by atoms with van der Waals surface area (Å²) in [4.78, 5) is 20.6. The molecule has 1 unspecified atom stereocenters. The Bertz CT molecular complexity index is 2610. The molecule has 59 heavy (non-hydrogen) atoms. The molecule has 14 heteroatoms. The van der Waals surface area contributed by atoms with Crippen LogP contribution in [-0.2, 0) is 5.60 Å². The SMILES string of the molecule is CCCCSc1sc2nc(-c3nccs3)cc(-c3ccc(C(C)(C)O)cc3)c2c1N.CCCCSc1sc2nc(-c3nccs3)cc(-c3ccc(C(C)O)cc3)c2c1N. The van der Waals surface area contributed by atoms with Crippen molar-refractivity contribution in [3.8, 4) is 43.7 Å². The van der Waals surface area contributed by atoms with Crippen LogP contribution >= 0.6 is 68.9 Å². The van der Waals surface area contributed by atoms with Gasteiger partial charge in [-0.15, -0.1) is 68.9 Å². The number of aliphatic hydroxyl groups excluding tert-OH is 1. The Morgan fingerprint density at radius 2 is 1.14 bits per heavy atom. The first kappa shape index (κ1) is 43.2. The Morgan fingerprint density at radius 3 is 1.51 bits per heavy atom. The number of thiazole rings is 2. The van der Waals surface area contributed by atoms with E-state index < -0.39 is 11.7 Å². The van der Waals surface area contributed by atoms with Crippen LogP contribution in [0.5, 0.6) is 0 Å². The van der Waals surface area contributed by atoms with Crippen LogP contribution in [0.3, 0.4) is 0 Å². The minimum absolute atomic E-state index is 0.486. The molecule has 1 atom stereocenters. The van der Waals surface area contributed by atoms with Gasteiger partial charge in [-0.25, -0.2) is 19.9 Å². The summed E-state index contributed by atoms with van der Waals surface area (Å²) >= 11 is 10.1. The molecule has 8 rings (SSSR count). The lowest BCUT2D eigenvalue weighted by Crippen LogP contribution is -2.14. The number of aromatic nitrogens is 4. The largest absolute Gasteiger partial charge is 0.397 e. The number of fused-ring (bicyclic) bond motifs is 2. The zero-order valence-corrected chi connectivity index (χ0v) is 38.6. The zero-order valence-electron chi connectivity index (χ0n) is 33.7. The maximum atomic E-state index is 10.3. The quantitative estimate of drug-likeness (QED) is 0.0615. The van der Waals surface area contributed by atoms with Crippen molar-refractivity contribution >= 4 is 101 Å². The van der Waals surface area contributed by atoms with Crippen molar-refractivity contribution in [1.82, 2.24) is 19.9 Å². The summed E-state index contributed by atoms with van der Waals surface area (Å²) in [6.07, 6.45) is 7.80. The number of unbranched alkanes of at least 4 members (excludes halogenated alkanes) is 2. The van der Waals surface area contributed by atoms with Crippen LogP contribution < -0.4 is 11.5 Å². The van der Waals surface area contributed by atoms with Gasteiger partial charge < -0.3 is 21.7 Å². The van der Waals surface area contributed by atoms with E-state index in [2.05, 4.69) is 48.1 Å². The van der Waals surface area contributed by atoms with Crippen LogP contribution in [0.15, 0.2) is 92.2 Å². The first-order valence-corrected chi connectivity index (χ1v) is 25.0. The Labute approximate surface area is 370 Å². The summed E-state index contributed by atoms with van der Waals surface area (Å²) in [6, 6.07) is 20.3. The molecule has 6 N–H and O–H groups in total. The van der Waals surface area contributed by atoms with Gasteiger partial charge in [-0.2, -0.15) is 0 Å². The second kappa shape index (κ2) is 19.2. The maximum Gasteiger partial charge on any atom is 0.141 e. The summed E-state index contributed by atoms with van der Waals surface area (Å²) in [5.74, 6) is 2.12. The van der Waals surface area contributed by atoms with Crippen molar-refractivity contribution < 1.29 is 10.2 Å². The van der Waals surface area contributed by atoms with Gasteiger partial charge in [-0.1, -0.05) is 75.2 Å². The topological polar surface area (TPSA) is 144 Å². The molecule has 0 amide bonds. The minimum atomic E-state index is -0.872. The summed E-state index contributed by atoms with van der Waals surface area (Å²) in [6.45, 7) is 9.77. The number of benzene rings is 2. The number of aliphatic hydroxyl groups is 2. The molecule has 0 saturated heterocycles. The average Bonchev–Trinajstić information content (AvgIpc) is 4.07. The molecular weight excluding hydrogens is 849 g/mol. The smallest absolute Gasteiger partial charge is 0.141 e. The normalized spacial score (nSPS) is 12.3. The van der Waals surface area contributed by atoms with Crippen LogP contribution in [0.25, 0.3) is 64.1 Å². The van der Waals surface area contributed by atoms with Gasteiger partial charge in [0.15, 0.2) is 0 Å². The number of nitrogens with two attached hydrogens (primary N) is 2. The molecule has 0 radical (unpaired) electrons. The number of anilines is 2. The minimum Gasteiger partial charge on any atom is -0.397 e. The van der Waals surface area contributed by atoms with E-state index in [0.717, 1.165) is 107 Å².